The zero-order chi connectivity index (χ0) is 19.7. The van der Waals surface area contributed by atoms with Crippen LogP contribution in [0.5, 0.6) is 10.8 Å². The van der Waals surface area contributed by atoms with Gasteiger partial charge in [-0.3, -0.25) is 0 Å². The number of rotatable bonds is 18. The summed E-state index contributed by atoms with van der Waals surface area (Å²) in [6.07, 6.45) is 15.5. The molecule has 2 nitrogen and oxygen atoms in total. The van der Waals surface area contributed by atoms with E-state index in [-0.39, 0.29) is 0 Å². The molecule has 0 spiro atoms. The molecule has 1 aromatic heterocycles. The van der Waals surface area contributed by atoms with Gasteiger partial charge in [0.15, 0.2) is 5.75 Å². The standard InChI is InChI=1S/C24H44O2S/c1-5-9-13-21(14-10-6-2)19-25-23-17-18-27-24(23)26-20-22(15-11-7-3)16-12-8-4/h17-18,21-22H,5-16,19-20H2,1-4H3. The maximum atomic E-state index is 6.22. The molecule has 0 unspecified atom stereocenters. The number of ether oxygens (including phenoxy) is 2. The van der Waals surface area contributed by atoms with E-state index in [1.807, 2.05) is 0 Å². The molecular formula is C24H44O2S. The summed E-state index contributed by atoms with van der Waals surface area (Å²) in [6.45, 7) is 10.8. The van der Waals surface area contributed by atoms with Crippen molar-refractivity contribution in [2.45, 2.75) is 105 Å². The van der Waals surface area contributed by atoms with E-state index < -0.39 is 0 Å². The second-order valence-electron chi connectivity index (χ2n) is 8.00. The summed E-state index contributed by atoms with van der Waals surface area (Å²) in [7, 11) is 0. The summed E-state index contributed by atoms with van der Waals surface area (Å²) in [5, 5.41) is 3.09. The molecule has 158 valence electrons. The van der Waals surface area contributed by atoms with Crippen LogP contribution in [0.3, 0.4) is 0 Å². The third-order valence-corrected chi connectivity index (χ3v) is 6.19. The number of hydrogen-bond donors (Lipinski definition) is 0. The SMILES string of the molecule is CCCCC(CCCC)COc1ccsc1OCC(CCCC)CCCC. The first kappa shape index (κ1) is 24.3. The molecule has 0 amide bonds. The molecule has 0 fully saturated rings. The quantitative estimate of drug-likeness (QED) is 0.247. The van der Waals surface area contributed by atoms with E-state index >= 15 is 0 Å². The molecule has 0 aliphatic heterocycles. The van der Waals surface area contributed by atoms with Crippen molar-refractivity contribution in [2.24, 2.45) is 11.8 Å². The Kier molecular flexibility index (Phi) is 14.7. The second-order valence-corrected chi connectivity index (χ2v) is 8.87. The Morgan fingerprint density at radius 3 is 1.59 bits per heavy atom. The minimum absolute atomic E-state index is 0.680. The van der Waals surface area contributed by atoms with Crippen LogP contribution < -0.4 is 9.47 Å². The molecule has 0 N–H and O–H groups in total. The fourth-order valence-electron chi connectivity index (χ4n) is 3.49. The van der Waals surface area contributed by atoms with Gasteiger partial charge in [0.1, 0.15) is 0 Å². The first-order chi connectivity index (χ1) is 13.2. The Labute approximate surface area is 173 Å². The van der Waals surface area contributed by atoms with Crippen molar-refractivity contribution in [1.29, 1.82) is 0 Å². The van der Waals surface area contributed by atoms with Crippen molar-refractivity contribution in [2.75, 3.05) is 13.2 Å². The molecule has 0 atom stereocenters. The normalized spacial score (nSPS) is 11.5. The van der Waals surface area contributed by atoms with Crippen LogP contribution in [0.4, 0.5) is 0 Å². The third kappa shape index (κ3) is 11.0. The molecule has 0 saturated carbocycles. The van der Waals surface area contributed by atoms with Gasteiger partial charge in [0.05, 0.1) is 13.2 Å². The van der Waals surface area contributed by atoms with E-state index in [0.717, 1.165) is 24.0 Å². The predicted octanol–water partition coefficient (Wildman–Crippen LogP) is 8.50. The van der Waals surface area contributed by atoms with Gasteiger partial charge in [-0.2, -0.15) is 0 Å². The Bertz CT molecular complexity index is 389. The molecular weight excluding hydrogens is 352 g/mol. The average molecular weight is 397 g/mol. The topological polar surface area (TPSA) is 18.5 Å². The van der Waals surface area contributed by atoms with Gasteiger partial charge in [-0.25, -0.2) is 0 Å². The Balaban J connectivity index is 2.50. The van der Waals surface area contributed by atoms with Crippen LogP contribution >= 0.6 is 11.3 Å². The lowest BCUT2D eigenvalue weighted by molar-refractivity contribution is 0.198. The molecule has 1 aromatic rings. The largest absolute Gasteiger partial charge is 0.488 e. The molecule has 0 saturated heterocycles. The van der Waals surface area contributed by atoms with Crippen molar-refractivity contribution in [1.82, 2.24) is 0 Å². The summed E-state index contributed by atoms with van der Waals surface area (Å²) >= 11 is 1.68. The zero-order valence-electron chi connectivity index (χ0n) is 18.4. The van der Waals surface area contributed by atoms with E-state index in [1.54, 1.807) is 11.3 Å². The van der Waals surface area contributed by atoms with Crippen molar-refractivity contribution in [3.8, 4) is 10.8 Å². The van der Waals surface area contributed by atoms with E-state index in [4.69, 9.17) is 9.47 Å². The maximum Gasteiger partial charge on any atom is 0.216 e. The molecule has 1 heterocycles. The van der Waals surface area contributed by atoms with Crippen LogP contribution in [0.15, 0.2) is 11.4 Å². The van der Waals surface area contributed by atoms with Crippen LogP contribution in [0, 0.1) is 11.8 Å². The first-order valence-electron chi connectivity index (χ1n) is 11.6. The first-order valence-corrected chi connectivity index (χ1v) is 12.5. The monoisotopic (exact) mass is 396 g/mol. The van der Waals surface area contributed by atoms with Crippen LogP contribution in [-0.4, -0.2) is 13.2 Å². The summed E-state index contributed by atoms with van der Waals surface area (Å²) in [5.74, 6) is 2.32. The van der Waals surface area contributed by atoms with Gasteiger partial charge < -0.3 is 9.47 Å². The van der Waals surface area contributed by atoms with Gasteiger partial charge in [0, 0.05) is 0 Å². The predicted molar refractivity (Wildman–Crippen MR) is 120 cm³/mol. The highest BCUT2D eigenvalue weighted by Gasteiger charge is 2.15. The third-order valence-electron chi connectivity index (χ3n) is 5.38. The second kappa shape index (κ2) is 16.3. The van der Waals surface area contributed by atoms with Gasteiger partial charge in [0.2, 0.25) is 5.06 Å². The van der Waals surface area contributed by atoms with E-state index in [0.29, 0.717) is 11.8 Å². The fraction of sp³-hybridized carbons (Fsp3) is 0.833. The van der Waals surface area contributed by atoms with Gasteiger partial charge >= 0.3 is 0 Å². The lowest BCUT2D eigenvalue weighted by Crippen LogP contribution is -2.14. The maximum absolute atomic E-state index is 6.22. The van der Waals surface area contributed by atoms with Gasteiger partial charge in [-0.1, -0.05) is 79.1 Å². The summed E-state index contributed by atoms with van der Waals surface area (Å²) in [5.41, 5.74) is 0. The summed E-state index contributed by atoms with van der Waals surface area (Å²) in [6, 6.07) is 2.09. The van der Waals surface area contributed by atoms with Crippen molar-refractivity contribution < 1.29 is 9.47 Å². The number of hydrogen-bond acceptors (Lipinski definition) is 3. The number of thiophene rings is 1. The highest BCUT2D eigenvalue weighted by molar-refractivity contribution is 7.12. The molecule has 0 aromatic carbocycles. The molecule has 27 heavy (non-hydrogen) atoms. The van der Waals surface area contributed by atoms with Gasteiger partial charge in [-0.05, 0) is 49.0 Å². The van der Waals surface area contributed by atoms with Crippen LogP contribution in [0.25, 0.3) is 0 Å². The Morgan fingerprint density at radius 2 is 1.15 bits per heavy atom. The summed E-state index contributed by atoms with van der Waals surface area (Å²) in [4.78, 5) is 0. The molecule has 1 rings (SSSR count). The number of unbranched alkanes of at least 4 members (excludes halogenated alkanes) is 4. The molecule has 0 radical (unpaired) electrons. The molecule has 3 heteroatoms. The highest BCUT2D eigenvalue weighted by atomic mass is 32.1. The van der Waals surface area contributed by atoms with E-state index in [2.05, 4.69) is 39.1 Å². The van der Waals surface area contributed by atoms with Crippen molar-refractivity contribution in [3.05, 3.63) is 11.4 Å². The smallest absolute Gasteiger partial charge is 0.216 e. The van der Waals surface area contributed by atoms with Crippen LogP contribution in [0.2, 0.25) is 0 Å². The molecule has 0 bridgehead atoms. The minimum atomic E-state index is 0.680. The minimum Gasteiger partial charge on any atom is -0.488 e. The van der Waals surface area contributed by atoms with Crippen LogP contribution in [0.1, 0.15) is 105 Å². The Morgan fingerprint density at radius 1 is 0.704 bits per heavy atom. The molecule has 0 aliphatic carbocycles. The summed E-state index contributed by atoms with van der Waals surface area (Å²) < 4.78 is 12.4. The molecule has 0 aliphatic rings. The van der Waals surface area contributed by atoms with Crippen LogP contribution in [-0.2, 0) is 0 Å². The van der Waals surface area contributed by atoms with Gasteiger partial charge in [0.25, 0.3) is 0 Å². The highest BCUT2D eigenvalue weighted by Crippen LogP contribution is 2.35. The van der Waals surface area contributed by atoms with E-state index in [1.165, 1.54) is 77.0 Å². The zero-order valence-corrected chi connectivity index (χ0v) is 19.3. The Hall–Kier alpha value is -0.700. The lowest BCUT2D eigenvalue weighted by atomic mass is 9.97. The lowest BCUT2D eigenvalue weighted by Gasteiger charge is -2.19. The van der Waals surface area contributed by atoms with Crippen molar-refractivity contribution >= 4 is 11.3 Å². The fourth-order valence-corrected chi connectivity index (χ4v) is 4.18. The van der Waals surface area contributed by atoms with Gasteiger partial charge in [-0.15, -0.1) is 11.3 Å². The van der Waals surface area contributed by atoms with Crippen molar-refractivity contribution in [3.63, 3.8) is 0 Å². The van der Waals surface area contributed by atoms with E-state index in [9.17, 15) is 0 Å². The average Bonchev–Trinajstić information content (AvgIpc) is 3.14.